The Kier molecular flexibility index (Phi) is 2.89. The minimum Gasteiger partial charge on any atom is -0.354 e. The van der Waals surface area contributed by atoms with E-state index in [-0.39, 0.29) is 6.67 Å². The highest BCUT2D eigenvalue weighted by Crippen LogP contribution is 2.24. The zero-order valence-electron chi connectivity index (χ0n) is 8.67. The van der Waals surface area contributed by atoms with E-state index in [1.165, 1.54) is 12.8 Å². The standard InChI is InChI=1S/C10H18FN3/c1-8-2-3-9-6-13-10(12-5-4-11)14(9)7-8/h8-9H,2-7H2,1H3,(H,12,13). The summed E-state index contributed by atoms with van der Waals surface area (Å²) in [6, 6.07) is 0.577. The molecule has 3 nitrogen and oxygen atoms in total. The fraction of sp³-hybridized carbons (Fsp3) is 0.900. The molecular weight excluding hydrogens is 181 g/mol. The van der Waals surface area contributed by atoms with Crippen LogP contribution in [0.25, 0.3) is 0 Å². The number of nitrogens with zero attached hydrogens (tertiary/aromatic N) is 2. The molecule has 0 aliphatic carbocycles. The molecule has 2 unspecified atom stereocenters. The van der Waals surface area contributed by atoms with Gasteiger partial charge in [0.25, 0.3) is 0 Å². The lowest BCUT2D eigenvalue weighted by Gasteiger charge is -2.35. The van der Waals surface area contributed by atoms with Crippen molar-refractivity contribution in [1.82, 2.24) is 10.2 Å². The number of alkyl halides is 1. The molecule has 1 fully saturated rings. The Labute approximate surface area is 84.4 Å². The van der Waals surface area contributed by atoms with E-state index in [0.717, 1.165) is 25.0 Å². The van der Waals surface area contributed by atoms with Crippen LogP contribution in [0.5, 0.6) is 0 Å². The van der Waals surface area contributed by atoms with Gasteiger partial charge in [0.1, 0.15) is 6.67 Å². The first kappa shape index (κ1) is 9.74. The quantitative estimate of drug-likeness (QED) is 0.719. The number of halogens is 1. The molecule has 0 aromatic heterocycles. The van der Waals surface area contributed by atoms with Gasteiger partial charge in [-0.25, -0.2) is 4.39 Å². The molecular formula is C10H18FN3. The van der Waals surface area contributed by atoms with Gasteiger partial charge in [-0.3, -0.25) is 4.99 Å². The molecule has 14 heavy (non-hydrogen) atoms. The number of nitrogens with one attached hydrogen (secondary N) is 1. The zero-order chi connectivity index (χ0) is 9.97. The normalized spacial score (nSPS) is 31.3. The Morgan fingerprint density at radius 2 is 2.43 bits per heavy atom. The molecule has 2 heterocycles. The summed E-state index contributed by atoms with van der Waals surface area (Å²) in [5.41, 5.74) is 0. The maximum absolute atomic E-state index is 12.0. The molecule has 0 aromatic rings. The van der Waals surface area contributed by atoms with Crippen LogP contribution in [0.1, 0.15) is 19.8 Å². The Hall–Kier alpha value is -0.800. The second-order valence-corrected chi connectivity index (χ2v) is 4.27. The van der Waals surface area contributed by atoms with Crippen LogP contribution in [0.3, 0.4) is 0 Å². The SMILES string of the molecule is CC1CCC2CN=C(NCCF)N2C1. The van der Waals surface area contributed by atoms with Crippen molar-refractivity contribution in [1.29, 1.82) is 0 Å². The fourth-order valence-corrected chi connectivity index (χ4v) is 2.26. The molecule has 0 radical (unpaired) electrons. The van der Waals surface area contributed by atoms with Gasteiger partial charge in [-0.1, -0.05) is 6.92 Å². The summed E-state index contributed by atoms with van der Waals surface area (Å²) in [7, 11) is 0. The van der Waals surface area contributed by atoms with Crippen LogP contribution in [-0.4, -0.2) is 43.2 Å². The van der Waals surface area contributed by atoms with Crippen LogP contribution in [0, 0.1) is 5.92 Å². The third-order valence-corrected chi connectivity index (χ3v) is 3.04. The second kappa shape index (κ2) is 4.15. The van der Waals surface area contributed by atoms with Gasteiger partial charge in [0.2, 0.25) is 0 Å². The van der Waals surface area contributed by atoms with E-state index in [1.807, 2.05) is 0 Å². The summed E-state index contributed by atoms with van der Waals surface area (Å²) < 4.78 is 12.0. The molecule has 1 N–H and O–H groups in total. The van der Waals surface area contributed by atoms with Gasteiger partial charge < -0.3 is 10.2 Å². The van der Waals surface area contributed by atoms with E-state index in [0.29, 0.717) is 12.6 Å². The molecule has 0 spiro atoms. The predicted octanol–water partition coefficient (Wildman–Crippen LogP) is 1.02. The van der Waals surface area contributed by atoms with Crippen LogP contribution in [0.15, 0.2) is 4.99 Å². The topological polar surface area (TPSA) is 27.6 Å². The highest BCUT2D eigenvalue weighted by atomic mass is 19.1. The maximum atomic E-state index is 12.0. The Balaban J connectivity index is 1.92. The summed E-state index contributed by atoms with van der Waals surface area (Å²) >= 11 is 0. The molecule has 2 aliphatic heterocycles. The van der Waals surface area contributed by atoms with Crippen LogP contribution in [0.4, 0.5) is 4.39 Å². The van der Waals surface area contributed by atoms with E-state index in [4.69, 9.17) is 0 Å². The lowest BCUT2D eigenvalue weighted by Crippen LogP contribution is -2.48. The third kappa shape index (κ3) is 1.83. The average Bonchev–Trinajstić information content (AvgIpc) is 2.57. The highest BCUT2D eigenvalue weighted by molar-refractivity contribution is 5.82. The molecule has 0 saturated carbocycles. The predicted molar refractivity (Wildman–Crippen MR) is 55.2 cm³/mol. The first-order chi connectivity index (χ1) is 6.81. The summed E-state index contributed by atoms with van der Waals surface area (Å²) in [4.78, 5) is 6.73. The van der Waals surface area contributed by atoms with E-state index < -0.39 is 0 Å². The van der Waals surface area contributed by atoms with Crippen molar-refractivity contribution in [3.63, 3.8) is 0 Å². The van der Waals surface area contributed by atoms with Gasteiger partial charge in [0.15, 0.2) is 5.96 Å². The minimum absolute atomic E-state index is 0.326. The van der Waals surface area contributed by atoms with Gasteiger partial charge in [0.05, 0.1) is 12.6 Å². The Morgan fingerprint density at radius 1 is 1.57 bits per heavy atom. The number of fused-ring (bicyclic) bond motifs is 1. The van der Waals surface area contributed by atoms with E-state index in [2.05, 4.69) is 22.1 Å². The lowest BCUT2D eigenvalue weighted by molar-refractivity contribution is 0.210. The first-order valence-electron chi connectivity index (χ1n) is 5.42. The minimum atomic E-state index is -0.326. The second-order valence-electron chi connectivity index (χ2n) is 4.27. The molecule has 0 amide bonds. The van der Waals surface area contributed by atoms with Crippen LogP contribution in [-0.2, 0) is 0 Å². The largest absolute Gasteiger partial charge is 0.354 e. The van der Waals surface area contributed by atoms with Crippen molar-refractivity contribution in [2.45, 2.75) is 25.8 Å². The number of piperidine rings is 1. The summed E-state index contributed by atoms with van der Waals surface area (Å²) in [5.74, 6) is 1.65. The van der Waals surface area contributed by atoms with E-state index in [1.54, 1.807) is 0 Å². The average molecular weight is 199 g/mol. The number of aliphatic imine (C=N–C) groups is 1. The first-order valence-corrected chi connectivity index (χ1v) is 5.42. The van der Waals surface area contributed by atoms with Gasteiger partial charge >= 0.3 is 0 Å². The fourth-order valence-electron chi connectivity index (χ4n) is 2.26. The highest BCUT2D eigenvalue weighted by Gasteiger charge is 2.32. The van der Waals surface area contributed by atoms with Crippen molar-refractivity contribution in [2.75, 3.05) is 26.3 Å². The maximum Gasteiger partial charge on any atom is 0.194 e. The van der Waals surface area contributed by atoms with Gasteiger partial charge in [-0.15, -0.1) is 0 Å². The molecule has 2 rings (SSSR count). The summed E-state index contributed by atoms with van der Waals surface area (Å²) in [6.45, 7) is 4.29. The molecule has 0 bridgehead atoms. The number of guanidine groups is 1. The lowest BCUT2D eigenvalue weighted by atomic mass is 9.95. The number of rotatable bonds is 2. The number of hydrogen-bond acceptors (Lipinski definition) is 3. The van der Waals surface area contributed by atoms with Crippen molar-refractivity contribution in [2.24, 2.45) is 10.9 Å². The Morgan fingerprint density at radius 3 is 3.21 bits per heavy atom. The van der Waals surface area contributed by atoms with Crippen molar-refractivity contribution < 1.29 is 4.39 Å². The van der Waals surface area contributed by atoms with Crippen LogP contribution >= 0.6 is 0 Å². The molecule has 4 heteroatoms. The Bertz CT molecular complexity index is 229. The van der Waals surface area contributed by atoms with Gasteiger partial charge in [-0.05, 0) is 18.8 Å². The zero-order valence-corrected chi connectivity index (χ0v) is 8.67. The summed E-state index contributed by atoms with van der Waals surface area (Å²) in [6.07, 6.45) is 2.53. The van der Waals surface area contributed by atoms with Crippen LogP contribution in [0.2, 0.25) is 0 Å². The van der Waals surface area contributed by atoms with E-state index >= 15 is 0 Å². The molecule has 80 valence electrons. The van der Waals surface area contributed by atoms with Crippen LogP contribution < -0.4 is 5.32 Å². The van der Waals surface area contributed by atoms with Gasteiger partial charge in [-0.2, -0.15) is 0 Å². The smallest absolute Gasteiger partial charge is 0.194 e. The molecule has 1 saturated heterocycles. The van der Waals surface area contributed by atoms with E-state index in [9.17, 15) is 4.39 Å². The molecule has 2 aliphatic rings. The number of hydrogen-bond donors (Lipinski definition) is 1. The third-order valence-electron chi connectivity index (χ3n) is 3.04. The van der Waals surface area contributed by atoms with Crippen molar-refractivity contribution in [3.05, 3.63) is 0 Å². The molecule has 2 atom stereocenters. The summed E-state index contributed by atoms with van der Waals surface area (Å²) in [5, 5.41) is 3.05. The molecule has 0 aromatic carbocycles. The monoisotopic (exact) mass is 199 g/mol. The van der Waals surface area contributed by atoms with Crippen molar-refractivity contribution >= 4 is 5.96 Å². The van der Waals surface area contributed by atoms with Gasteiger partial charge in [0, 0.05) is 13.1 Å². The van der Waals surface area contributed by atoms with Crippen molar-refractivity contribution in [3.8, 4) is 0 Å².